The number of furan rings is 1. The highest BCUT2D eigenvalue weighted by Gasteiger charge is 2.43. The van der Waals surface area contributed by atoms with E-state index >= 15 is 0 Å². The first-order valence-electron chi connectivity index (χ1n) is 8.82. The minimum absolute atomic E-state index is 0.104. The fourth-order valence-corrected chi connectivity index (χ4v) is 4.65. The number of hydrogen-bond donors (Lipinski definition) is 0. The molecule has 0 saturated carbocycles. The molecule has 0 aromatic carbocycles. The number of ether oxygens (including phenoxy) is 1. The maximum absolute atomic E-state index is 6.32. The van der Waals surface area contributed by atoms with Crippen LogP contribution in [0.5, 0.6) is 0 Å². The molecule has 2 fully saturated rings. The van der Waals surface area contributed by atoms with Gasteiger partial charge in [0.1, 0.15) is 5.76 Å². The molecule has 0 amide bonds. The Morgan fingerprint density at radius 2 is 2.21 bits per heavy atom. The SMILES string of the molecule is CN(Cc1ccco1)[C@@H]1COC2(CCN(Cc3ccsc3)CC2)C1. The molecule has 5 heteroatoms. The van der Waals surface area contributed by atoms with Crippen LogP contribution in [0.25, 0.3) is 0 Å². The normalized spacial score (nSPS) is 24.2. The fraction of sp³-hybridized carbons (Fsp3) is 0.579. The third kappa shape index (κ3) is 3.59. The van der Waals surface area contributed by atoms with Crippen molar-refractivity contribution in [3.63, 3.8) is 0 Å². The van der Waals surface area contributed by atoms with Crippen LogP contribution in [-0.2, 0) is 17.8 Å². The predicted octanol–water partition coefficient (Wildman–Crippen LogP) is 3.60. The van der Waals surface area contributed by atoms with E-state index in [1.54, 1.807) is 17.6 Å². The van der Waals surface area contributed by atoms with Gasteiger partial charge in [-0.25, -0.2) is 0 Å². The van der Waals surface area contributed by atoms with E-state index in [9.17, 15) is 0 Å². The van der Waals surface area contributed by atoms with Gasteiger partial charge in [0.2, 0.25) is 0 Å². The highest BCUT2D eigenvalue weighted by atomic mass is 32.1. The van der Waals surface area contributed by atoms with Crippen LogP contribution in [0.15, 0.2) is 39.6 Å². The average molecular weight is 346 g/mol. The Morgan fingerprint density at radius 3 is 2.92 bits per heavy atom. The van der Waals surface area contributed by atoms with Gasteiger partial charge in [-0.2, -0.15) is 11.3 Å². The largest absolute Gasteiger partial charge is 0.468 e. The number of thiophene rings is 1. The van der Waals surface area contributed by atoms with Gasteiger partial charge in [0.25, 0.3) is 0 Å². The van der Waals surface area contributed by atoms with Crippen molar-refractivity contribution >= 4 is 11.3 Å². The second kappa shape index (κ2) is 7.00. The van der Waals surface area contributed by atoms with Crippen molar-refractivity contribution in [2.24, 2.45) is 0 Å². The minimum atomic E-state index is 0.104. The standard InChI is InChI=1S/C19H26N2O2S/c1-20(13-18-3-2-9-22-18)17-11-19(23-14-17)5-7-21(8-6-19)12-16-4-10-24-15-16/h2-4,9-10,15,17H,5-8,11-14H2,1H3/t17-/m0/s1. The van der Waals surface area contributed by atoms with Crippen molar-refractivity contribution in [1.29, 1.82) is 0 Å². The predicted molar refractivity (Wildman–Crippen MR) is 96.1 cm³/mol. The lowest BCUT2D eigenvalue weighted by Crippen LogP contribution is -2.44. The summed E-state index contributed by atoms with van der Waals surface area (Å²) in [5.41, 5.74) is 1.55. The molecule has 1 spiro atoms. The number of piperidine rings is 1. The molecule has 24 heavy (non-hydrogen) atoms. The summed E-state index contributed by atoms with van der Waals surface area (Å²) in [5, 5.41) is 4.43. The molecule has 2 aromatic rings. The summed E-state index contributed by atoms with van der Waals surface area (Å²) < 4.78 is 11.8. The zero-order valence-corrected chi connectivity index (χ0v) is 15.1. The molecule has 2 aliphatic heterocycles. The van der Waals surface area contributed by atoms with Crippen LogP contribution in [0.1, 0.15) is 30.6 Å². The monoisotopic (exact) mass is 346 g/mol. The molecule has 4 nitrogen and oxygen atoms in total. The van der Waals surface area contributed by atoms with Gasteiger partial charge in [-0.15, -0.1) is 0 Å². The van der Waals surface area contributed by atoms with E-state index in [-0.39, 0.29) is 5.60 Å². The number of rotatable bonds is 5. The number of hydrogen-bond acceptors (Lipinski definition) is 5. The molecule has 0 radical (unpaired) electrons. The lowest BCUT2D eigenvalue weighted by Gasteiger charge is -2.38. The Balaban J connectivity index is 1.28. The Morgan fingerprint density at radius 1 is 1.33 bits per heavy atom. The molecule has 4 heterocycles. The van der Waals surface area contributed by atoms with E-state index in [2.05, 4.69) is 33.7 Å². The first kappa shape index (κ1) is 16.3. The lowest BCUT2D eigenvalue weighted by molar-refractivity contribution is -0.0452. The van der Waals surface area contributed by atoms with Gasteiger partial charge in [0, 0.05) is 25.7 Å². The zero-order chi connectivity index (χ0) is 16.4. The van der Waals surface area contributed by atoms with Gasteiger partial charge in [-0.1, -0.05) is 0 Å². The topological polar surface area (TPSA) is 28.9 Å². The summed E-state index contributed by atoms with van der Waals surface area (Å²) >= 11 is 1.79. The lowest BCUT2D eigenvalue weighted by atomic mass is 9.87. The van der Waals surface area contributed by atoms with Crippen molar-refractivity contribution in [2.45, 2.75) is 44.0 Å². The molecule has 4 rings (SSSR count). The molecule has 0 bridgehead atoms. The maximum Gasteiger partial charge on any atom is 0.117 e. The molecule has 130 valence electrons. The van der Waals surface area contributed by atoms with Crippen LogP contribution < -0.4 is 0 Å². The Bertz CT molecular complexity index is 618. The van der Waals surface area contributed by atoms with Crippen molar-refractivity contribution in [3.8, 4) is 0 Å². The Labute approximate surface area is 148 Å². The van der Waals surface area contributed by atoms with Crippen molar-refractivity contribution in [3.05, 3.63) is 46.5 Å². The maximum atomic E-state index is 6.32. The molecular formula is C19H26N2O2S. The minimum Gasteiger partial charge on any atom is -0.468 e. The zero-order valence-electron chi connectivity index (χ0n) is 14.3. The van der Waals surface area contributed by atoms with Crippen LogP contribution in [0.2, 0.25) is 0 Å². The summed E-state index contributed by atoms with van der Waals surface area (Å²) in [5.74, 6) is 1.03. The first-order valence-corrected chi connectivity index (χ1v) is 9.77. The van der Waals surface area contributed by atoms with Gasteiger partial charge in [-0.3, -0.25) is 9.80 Å². The second-order valence-corrected chi connectivity index (χ2v) is 8.03. The second-order valence-electron chi connectivity index (χ2n) is 7.25. The van der Waals surface area contributed by atoms with E-state index in [1.165, 1.54) is 5.56 Å². The summed E-state index contributed by atoms with van der Waals surface area (Å²) in [6.07, 6.45) is 5.21. The van der Waals surface area contributed by atoms with Gasteiger partial charge in [0.15, 0.2) is 0 Å². The summed E-state index contributed by atoms with van der Waals surface area (Å²) in [6.45, 7) is 5.08. The highest BCUT2D eigenvalue weighted by molar-refractivity contribution is 7.07. The molecule has 0 aliphatic carbocycles. The van der Waals surface area contributed by atoms with E-state index in [4.69, 9.17) is 9.15 Å². The number of nitrogens with zero attached hydrogens (tertiary/aromatic N) is 2. The first-order chi connectivity index (χ1) is 11.7. The van der Waals surface area contributed by atoms with Crippen molar-refractivity contribution < 1.29 is 9.15 Å². The molecule has 0 unspecified atom stereocenters. The van der Waals surface area contributed by atoms with Crippen LogP contribution in [0, 0.1) is 0 Å². The molecule has 2 saturated heterocycles. The van der Waals surface area contributed by atoms with E-state index in [0.29, 0.717) is 6.04 Å². The van der Waals surface area contributed by atoms with Gasteiger partial charge in [-0.05, 0) is 60.8 Å². The van der Waals surface area contributed by atoms with Gasteiger partial charge < -0.3 is 9.15 Å². The Kier molecular flexibility index (Phi) is 4.77. The number of likely N-dealkylation sites (N-methyl/N-ethyl adjacent to an activating group) is 1. The molecule has 0 N–H and O–H groups in total. The van der Waals surface area contributed by atoms with E-state index in [0.717, 1.165) is 57.8 Å². The van der Waals surface area contributed by atoms with Gasteiger partial charge >= 0.3 is 0 Å². The highest BCUT2D eigenvalue weighted by Crippen LogP contribution is 2.38. The third-order valence-electron chi connectivity index (χ3n) is 5.55. The molecular weight excluding hydrogens is 320 g/mol. The van der Waals surface area contributed by atoms with Crippen LogP contribution >= 0.6 is 11.3 Å². The fourth-order valence-electron chi connectivity index (χ4n) is 3.99. The molecule has 2 aliphatic rings. The summed E-state index contributed by atoms with van der Waals surface area (Å²) in [4.78, 5) is 4.95. The summed E-state index contributed by atoms with van der Waals surface area (Å²) in [7, 11) is 2.18. The van der Waals surface area contributed by atoms with Crippen molar-refractivity contribution in [2.75, 3.05) is 26.7 Å². The smallest absolute Gasteiger partial charge is 0.117 e. The number of likely N-dealkylation sites (tertiary alicyclic amines) is 1. The van der Waals surface area contributed by atoms with E-state index in [1.807, 2.05) is 12.1 Å². The molecule has 1 atom stereocenters. The quantitative estimate of drug-likeness (QED) is 0.827. The third-order valence-corrected chi connectivity index (χ3v) is 6.28. The van der Waals surface area contributed by atoms with Crippen molar-refractivity contribution in [1.82, 2.24) is 9.80 Å². The van der Waals surface area contributed by atoms with Crippen LogP contribution in [0.3, 0.4) is 0 Å². The summed E-state index contributed by atoms with van der Waals surface area (Å²) in [6, 6.07) is 6.74. The van der Waals surface area contributed by atoms with E-state index < -0.39 is 0 Å². The Hall–Kier alpha value is -1.14. The average Bonchev–Trinajstić information content (AvgIpc) is 3.33. The van der Waals surface area contributed by atoms with Crippen LogP contribution in [-0.4, -0.2) is 48.2 Å². The van der Waals surface area contributed by atoms with Gasteiger partial charge in [0.05, 0.1) is 25.0 Å². The van der Waals surface area contributed by atoms with Crippen LogP contribution in [0.4, 0.5) is 0 Å². The molecule has 2 aromatic heterocycles.